The zero-order chi connectivity index (χ0) is 14.9. The molecule has 3 N–H and O–H groups in total. The highest BCUT2D eigenvalue weighted by molar-refractivity contribution is 6.42. The van der Waals surface area contributed by atoms with E-state index in [2.05, 4.69) is 5.32 Å². The first-order chi connectivity index (χ1) is 9.36. The van der Waals surface area contributed by atoms with Gasteiger partial charge in [0.05, 0.1) is 15.7 Å². The molecule has 0 bridgehead atoms. The summed E-state index contributed by atoms with van der Waals surface area (Å²) in [6.07, 6.45) is 0. The van der Waals surface area contributed by atoms with Crippen molar-refractivity contribution in [1.82, 2.24) is 0 Å². The highest BCUT2D eigenvalue weighted by Crippen LogP contribution is 2.34. The van der Waals surface area contributed by atoms with Crippen LogP contribution >= 0.6 is 34.8 Å². The molecule has 0 heterocycles. The fourth-order valence-electron chi connectivity index (χ4n) is 1.57. The van der Waals surface area contributed by atoms with Crippen LogP contribution in [0.3, 0.4) is 0 Å². The number of anilines is 1. The summed E-state index contributed by atoms with van der Waals surface area (Å²) in [6.45, 7) is 0. The van der Waals surface area contributed by atoms with Crippen molar-refractivity contribution in [1.29, 1.82) is 0 Å². The summed E-state index contributed by atoms with van der Waals surface area (Å²) in [5.74, 6) is -1.05. The van der Waals surface area contributed by atoms with Gasteiger partial charge in [-0.05, 0) is 24.3 Å². The fourth-order valence-corrected chi connectivity index (χ4v) is 2.49. The molecular formula is C13H8Cl3NO3. The number of phenols is 2. The topological polar surface area (TPSA) is 69.6 Å². The molecule has 0 aliphatic heterocycles. The van der Waals surface area contributed by atoms with Gasteiger partial charge in [-0.3, -0.25) is 4.79 Å². The Morgan fingerprint density at radius 1 is 0.900 bits per heavy atom. The van der Waals surface area contributed by atoms with Gasteiger partial charge in [-0.25, -0.2) is 0 Å². The maximum atomic E-state index is 12.0. The zero-order valence-electron chi connectivity index (χ0n) is 9.82. The summed E-state index contributed by atoms with van der Waals surface area (Å²) in [5.41, 5.74) is 0.259. The van der Waals surface area contributed by atoms with E-state index in [9.17, 15) is 15.0 Å². The van der Waals surface area contributed by atoms with Gasteiger partial charge in [-0.2, -0.15) is 0 Å². The second-order valence-corrected chi connectivity index (χ2v) is 5.19. The van der Waals surface area contributed by atoms with Gasteiger partial charge in [-0.1, -0.05) is 34.8 Å². The second-order valence-electron chi connectivity index (χ2n) is 3.94. The van der Waals surface area contributed by atoms with Crippen LogP contribution < -0.4 is 5.32 Å². The van der Waals surface area contributed by atoms with Crippen molar-refractivity contribution >= 4 is 46.4 Å². The normalized spacial score (nSPS) is 10.3. The zero-order valence-corrected chi connectivity index (χ0v) is 12.1. The minimum absolute atomic E-state index is 0.0598. The van der Waals surface area contributed by atoms with Crippen LogP contribution in [0.5, 0.6) is 11.5 Å². The van der Waals surface area contributed by atoms with Crippen molar-refractivity contribution in [3.05, 3.63) is 51.0 Å². The number of carbonyl (C=O) groups is 1. The molecule has 7 heteroatoms. The average molecular weight is 333 g/mol. The molecule has 0 spiro atoms. The van der Waals surface area contributed by atoms with Gasteiger partial charge in [-0.15, -0.1) is 0 Å². The third-order valence-electron chi connectivity index (χ3n) is 2.41. The van der Waals surface area contributed by atoms with Gasteiger partial charge >= 0.3 is 0 Å². The standard InChI is InChI=1S/C13H8Cl3NO3/c14-7-3-10(15)12(11(16)4-7)17-13(20)6-1-8(18)5-9(19)2-6/h1-5,18-19H,(H,17,20). The average Bonchev–Trinajstić information content (AvgIpc) is 2.32. The Morgan fingerprint density at radius 2 is 1.40 bits per heavy atom. The van der Waals surface area contributed by atoms with Gasteiger partial charge in [0.25, 0.3) is 5.91 Å². The molecule has 0 aliphatic carbocycles. The van der Waals surface area contributed by atoms with Gasteiger partial charge in [0.2, 0.25) is 0 Å². The molecule has 4 nitrogen and oxygen atoms in total. The lowest BCUT2D eigenvalue weighted by Crippen LogP contribution is -2.12. The molecule has 0 atom stereocenters. The minimum Gasteiger partial charge on any atom is -0.508 e. The van der Waals surface area contributed by atoms with Crippen LogP contribution in [0.2, 0.25) is 15.1 Å². The lowest BCUT2D eigenvalue weighted by molar-refractivity contribution is 0.102. The van der Waals surface area contributed by atoms with Crippen LogP contribution in [0.15, 0.2) is 30.3 Å². The lowest BCUT2D eigenvalue weighted by atomic mass is 10.2. The number of carbonyl (C=O) groups excluding carboxylic acids is 1. The Kier molecular flexibility index (Phi) is 4.28. The molecule has 2 aromatic rings. The van der Waals surface area contributed by atoms with Crippen LogP contribution in [0, 0.1) is 0 Å². The summed E-state index contributed by atoms with van der Waals surface area (Å²) in [5, 5.41) is 21.9. The van der Waals surface area contributed by atoms with Crippen molar-refractivity contribution < 1.29 is 15.0 Å². The molecule has 0 aromatic heterocycles. The number of rotatable bonds is 2. The maximum absolute atomic E-state index is 12.0. The number of aromatic hydroxyl groups is 2. The van der Waals surface area contributed by atoms with E-state index in [-0.39, 0.29) is 32.8 Å². The summed E-state index contributed by atoms with van der Waals surface area (Å²) in [4.78, 5) is 12.0. The molecule has 2 aromatic carbocycles. The van der Waals surface area contributed by atoms with Crippen LogP contribution in [-0.2, 0) is 0 Å². The lowest BCUT2D eigenvalue weighted by Gasteiger charge is -2.10. The molecule has 0 fully saturated rings. The number of nitrogens with one attached hydrogen (secondary N) is 1. The highest BCUT2D eigenvalue weighted by Gasteiger charge is 2.14. The molecule has 0 radical (unpaired) electrons. The molecule has 0 aliphatic rings. The Bertz CT molecular complexity index is 645. The first-order valence-corrected chi connectivity index (χ1v) is 6.49. The quantitative estimate of drug-likeness (QED) is 0.767. The van der Waals surface area contributed by atoms with E-state index in [4.69, 9.17) is 34.8 Å². The highest BCUT2D eigenvalue weighted by atomic mass is 35.5. The molecule has 0 saturated carbocycles. The van der Waals surface area contributed by atoms with E-state index in [1.165, 1.54) is 24.3 Å². The molecule has 104 valence electrons. The summed E-state index contributed by atoms with van der Waals surface area (Å²) < 4.78 is 0. The van der Waals surface area contributed by atoms with E-state index in [0.29, 0.717) is 5.02 Å². The van der Waals surface area contributed by atoms with Crippen molar-refractivity contribution in [3.8, 4) is 11.5 Å². The van der Waals surface area contributed by atoms with Crippen molar-refractivity contribution in [3.63, 3.8) is 0 Å². The van der Waals surface area contributed by atoms with Crippen molar-refractivity contribution in [2.24, 2.45) is 0 Å². The van der Waals surface area contributed by atoms with E-state index >= 15 is 0 Å². The second kappa shape index (κ2) is 5.79. The molecule has 20 heavy (non-hydrogen) atoms. The Morgan fingerprint density at radius 3 is 1.90 bits per heavy atom. The van der Waals surface area contributed by atoms with Gasteiger partial charge < -0.3 is 15.5 Å². The van der Waals surface area contributed by atoms with Crippen molar-refractivity contribution in [2.45, 2.75) is 0 Å². The van der Waals surface area contributed by atoms with E-state index in [0.717, 1.165) is 6.07 Å². The third-order valence-corrected chi connectivity index (χ3v) is 3.22. The van der Waals surface area contributed by atoms with Crippen LogP contribution in [-0.4, -0.2) is 16.1 Å². The first-order valence-electron chi connectivity index (χ1n) is 5.36. The Balaban J connectivity index is 2.32. The van der Waals surface area contributed by atoms with Crippen LogP contribution in [0.1, 0.15) is 10.4 Å². The predicted octanol–water partition coefficient (Wildman–Crippen LogP) is 4.31. The third kappa shape index (κ3) is 3.28. The van der Waals surface area contributed by atoms with Crippen molar-refractivity contribution in [2.75, 3.05) is 5.32 Å². The SMILES string of the molecule is O=C(Nc1c(Cl)cc(Cl)cc1Cl)c1cc(O)cc(O)c1. The monoisotopic (exact) mass is 331 g/mol. The van der Waals surface area contributed by atoms with E-state index < -0.39 is 5.91 Å². The molecule has 0 saturated heterocycles. The summed E-state index contributed by atoms with van der Waals surface area (Å²) in [7, 11) is 0. The number of amides is 1. The first kappa shape index (κ1) is 14.8. The van der Waals surface area contributed by atoms with E-state index in [1.54, 1.807) is 0 Å². The largest absolute Gasteiger partial charge is 0.508 e. The summed E-state index contributed by atoms with van der Waals surface area (Å²) >= 11 is 17.7. The van der Waals surface area contributed by atoms with Crippen LogP contribution in [0.4, 0.5) is 5.69 Å². The number of halogens is 3. The van der Waals surface area contributed by atoms with Gasteiger partial charge in [0.1, 0.15) is 11.5 Å². The molecular weight excluding hydrogens is 325 g/mol. The number of hydrogen-bond acceptors (Lipinski definition) is 3. The molecule has 0 unspecified atom stereocenters. The smallest absolute Gasteiger partial charge is 0.256 e. The number of hydrogen-bond donors (Lipinski definition) is 3. The minimum atomic E-state index is -0.581. The van der Waals surface area contributed by atoms with Gasteiger partial charge in [0.15, 0.2) is 0 Å². The Hall–Kier alpha value is -1.62. The molecule has 1 amide bonds. The fraction of sp³-hybridized carbons (Fsp3) is 0. The van der Waals surface area contributed by atoms with Gasteiger partial charge in [0, 0.05) is 16.7 Å². The molecule has 2 rings (SSSR count). The Labute approximate surface area is 129 Å². The number of benzene rings is 2. The predicted molar refractivity (Wildman–Crippen MR) is 79.2 cm³/mol. The van der Waals surface area contributed by atoms with Crippen LogP contribution in [0.25, 0.3) is 0 Å². The number of phenolic OH excluding ortho intramolecular Hbond substituents is 2. The van der Waals surface area contributed by atoms with E-state index in [1.807, 2.05) is 0 Å². The summed E-state index contributed by atoms with van der Waals surface area (Å²) in [6, 6.07) is 6.38. The maximum Gasteiger partial charge on any atom is 0.256 e.